The highest BCUT2D eigenvalue weighted by Gasteiger charge is 2.09. The van der Waals surface area contributed by atoms with Crippen LogP contribution in [-0.4, -0.2) is 15.9 Å². The molecule has 0 aromatic carbocycles. The zero-order valence-corrected chi connectivity index (χ0v) is 10.3. The van der Waals surface area contributed by atoms with Crippen LogP contribution in [0.15, 0.2) is 17.5 Å². The lowest BCUT2D eigenvalue weighted by molar-refractivity contribution is -0.114. The highest BCUT2D eigenvalue weighted by atomic mass is 32.1. The molecule has 0 bridgehead atoms. The normalized spacial score (nSPS) is 10.2. The molecule has 2 aromatic heterocycles. The van der Waals surface area contributed by atoms with Crippen molar-refractivity contribution in [2.45, 2.75) is 13.8 Å². The second kappa shape index (κ2) is 4.50. The van der Waals surface area contributed by atoms with E-state index in [2.05, 4.69) is 15.3 Å². The summed E-state index contributed by atoms with van der Waals surface area (Å²) >= 11 is 1.37. The van der Waals surface area contributed by atoms with Crippen LogP contribution in [0.25, 0.3) is 11.4 Å². The van der Waals surface area contributed by atoms with Crippen LogP contribution in [-0.2, 0) is 4.79 Å². The Morgan fingerprint density at radius 2 is 2.18 bits per heavy atom. The van der Waals surface area contributed by atoms with Gasteiger partial charge in [-0.25, -0.2) is 9.97 Å². The fraction of sp³-hybridized carbons (Fsp3) is 0.182. The molecular weight excluding hydrogens is 236 g/mol. The van der Waals surface area contributed by atoms with Crippen molar-refractivity contribution < 1.29 is 4.79 Å². The Morgan fingerprint density at radius 1 is 1.41 bits per heavy atom. The number of aryl methyl sites for hydroxylation is 1. The van der Waals surface area contributed by atoms with Gasteiger partial charge < -0.3 is 11.1 Å². The first kappa shape index (κ1) is 11.5. The van der Waals surface area contributed by atoms with E-state index < -0.39 is 0 Å². The predicted octanol–water partition coefficient (Wildman–Crippen LogP) is 2.05. The number of nitrogens with one attached hydrogen (secondary N) is 1. The number of aromatic nitrogens is 2. The molecule has 5 nitrogen and oxygen atoms in total. The molecule has 0 aliphatic carbocycles. The summed E-state index contributed by atoms with van der Waals surface area (Å²) in [5.41, 5.74) is 8.06. The van der Waals surface area contributed by atoms with Gasteiger partial charge in [0, 0.05) is 12.3 Å². The highest BCUT2D eigenvalue weighted by molar-refractivity contribution is 7.13. The van der Waals surface area contributed by atoms with Gasteiger partial charge in [0.05, 0.1) is 5.69 Å². The fourth-order valence-corrected chi connectivity index (χ4v) is 1.98. The van der Waals surface area contributed by atoms with Crippen LogP contribution in [0.5, 0.6) is 0 Å². The summed E-state index contributed by atoms with van der Waals surface area (Å²) in [6, 6.07) is 3.65. The van der Waals surface area contributed by atoms with Gasteiger partial charge in [-0.15, -0.1) is 11.3 Å². The minimum absolute atomic E-state index is 0.148. The minimum atomic E-state index is -0.148. The summed E-state index contributed by atoms with van der Waals surface area (Å²) in [6.07, 6.45) is 0. The fourth-order valence-electron chi connectivity index (χ4n) is 1.43. The van der Waals surface area contributed by atoms with E-state index in [1.54, 1.807) is 6.07 Å². The Bertz CT molecular complexity index is 564. The molecule has 0 aliphatic rings. The third-order valence-corrected chi connectivity index (χ3v) is 2.84. The van der Waals surface area contributed by atoms with Crippen molar-refractivity contribution >= 4 is 28.2 Å². The Balaban J connectivity index is 2.42. The van der Waals surface area contributed by atoms with E-state index >= 15 is 0 Å². The second-order valence-electron chi connectivity index (χ2n) is 3.61. The molecule has 0 fully saturated rings. The summed E-state index contributed by atoms with van der Waals surface area (Å²) in [4.78, 5) is 19.5. The van der Waals surface area contributed by atoms with Crippen LogP contribution in [0.3, 0.4) is 0 Å². The molecule has 0 unspecified atom stereocenters. The maximum absolute atomic E-state index is 11.0. The Hall–Kier alpha value is -1.95. The summed E-state index contributed by atoms with van der Waals surface area (Å²) in [6.45, 7) is 3.39. The van der Waals surface area contributed by atoms with Gasteiger partial charge in [-0.05, 0) is 18.6 Å². The van der Waals surface area contributed by atoms with Crippen molar-refractivity contribution in [2.75, 3.05) is 11.1 Å². The maximum atomic E-state index is 11.0. The lowest BCUT2D eigenvalue weighted by Gasteiger charge is -2.05. The van der Waals surface area contributed by atoms with Crippen molar-refractivity contribution in [3.63, 3.8) is 0 Å². The van der Waals surface area contributed by atoms with Crippen LogP contribution in [0.1, 0.15) is 12.5 Å². The first-order chi connectivity index (χ1) is 8.06. The van der Waals surface area contributed by atoms with E-state index in [-0.39, 0.29) is 5.91 Å². The third kappa shape index (κ3) is 2.59. The quantitative estimate of drug-likeness (QED) is 0.852. The third-order valence-electron chi connectivity index (χ3n) is 2.17. The van der Waals surface area contributed by atoms with Gasteiger partial charge in [-0.3, -0.25) is 4.79 Å². The summed E-state index contributed by atoms with van der Waals surface area (Å²) < 4.78 is 0. The number of nitrogens with zero attached hydrogens (tertiary/aromatic N) is 2. The summed E-state index contributed by atoms with van der Waals surface area (Å²) in [7, 11) is 0. The molecule has 0 saturated heterocycles. The van der Waals surface area contributed by atoms with Crippen LogP contribution in [0, 0.1) is 6.92 Å². The standard InChI is InChI=1S/C11H12N4OS/c1-6-3-4-9(13-7(2)16)15-10(6)8-5-17-11(12)14-8/h3-5H,1-2H3,(H2,12,14)(H,13,15,16). The van der Waals surface area contributed by atoms with Gasteiger partial charge in [-0.1, -0.05) is 6.07 Å². The molecule has 2 rings (SSSR count). The summed E-state index contributed by atoms with van der Waals surface area (Å²) in [5.74, 6) is 0.370. The Kier molecular flexibility index (Phi) is 3.06. The molecule has 3 N–H and O–H groups in total. The number of thiazole rings is 1. The molecule has 0 aliphatic heterocycles. The number of anilines is 2. The number of pyridine rings is 1. The van der Waals surface area contributed by atoms with E-state index in [9.17, 15) is 4.79 Å². The van der Waals surface area contributed by atoms with Crippen molar-refractivity contribution in [2.24, 2.45) is 0 Å². The number of hydrogen-bond donors (Lipinski definition) is 2. The van der Waals surface area contributed by atoms with Gasteiger partial charge >= 0.3 is 0 Å². The van der Waals surface area contributed by atoms with E-state index in [0.717, 1.165) is 17.0 Å². The molecule has 17 heavy (non-hydrogen) atoms. The molecule has 6 heteroatoms. The molecule has 0 saturated carbocycles. The van der Waals surface area contributed by atoms with Crippen LogP contribution >= 0.6 is 11.3 Å². The van der Waals surface area contributed by atoms with Crippen molar-refractivity contribution in [3.05, 3.63) is 23.1 Å². The van der Waals surface area contributed by atoms with Crippen molar-refractivity contribution in [1.29, 1.82) is 0 Å². The first-order valence-electron chi connectivity index (χ1n) is 5.03. The number of amides is 1. The number of rotatable bonds is 2. The topological polar surface area (TPSA) is 80.9 Å². The summed E-state index contributed by atoms with van der Waals surface area (Å²) in [5, 5.41) is 5.00. The minimum Gasteiger partial charge on any atom is -0.375 e. The van der Waals surface area contributed by atoms with Gasteiger partial charge in [-0.2, -0.15) is 0 Å². The number of carbonyl (C=O) groups excluding carboxylic acids is 1. The molecule has 0 radical (unpaired) electrons. The van der Waals surface area contributed by atoms with E-state index in [4.69, 9.17) is 5.73 Å². The van der Waals surface area contributed by atoms with Gasteiger partial charge in [0.15, 0.2) is 5.13 Å². The number of nitrogen functional groups attached to an aromatic ring is 1. The van der Waals surface area contributed by atoms with Crippen molar-refractivity contribution in [1.82, 2.24) is 9.97 Å². The van der Waals surface area contributed by atoms with Crippen LogP contribution in [0.4, 0.5) is 10.9 Å². The number of carbonyl (C=O) groups is 1. The largest absolute Gasteiger partial charge is 0.375 e. The zero-order chi connectivity index (χ0) is 12.4. The number of hydrogen-bond acceptors (Lipinski definition) is 5. The molecule has 2 aromatic rings. The molecule has 2 heterocycles. The lowest BCUT2D eigenvalue weighted by Crippen LogP contribution is -2.08. The van der Waals surface area contributed by atoms with Crippen LogP contribution < -0.4 is 11.1 Å². The van der Waals surface area contributed by atoms with Gasteiger partial charge in [0.25, 0.3) is 0 Å². The smallest absolute Gasteiger partial charge is 0.222 e. The average Bonchev–Trinajstić information content (AvgIpc) is 2.67. The molecular formula is C11H12N4OS. The molecule has 88 valence electrons. The lowest BCUT2D eigenvalue weighted by atomic mass is 10.2. The Morgan fingerprint density at radius 3 is 2.76 bits per heavy atom. The van der Waals surface area contributed by atoms with Crippen LogP contribution in [0.2, 0.25) is 0 Å². The monoisotopic (exact) mass is 248 g/mol. The maximum Gasteiger partial charge on any atom is 0.222 e. The number of nitrogens with two attached hydrogens (primary N) is 1. The Labute approximate surface area is 103 Å². The average molecular weight is 248 g/mol. The first-order valence-corrected chi connectivity index (χ1v) is 5.91. The van der Waals surface area contributed by atoms with E-state index in [1.807, 2.05) is 18.4 Å². The van der Waals surface area contributed by atoms with Crippen molar-refractivity contribution in [3.8, 4) is 11.4 Å². The molecule has 0 atom stereocenters. The molecule has 1 amide bonds. The highest BCUT2D eigenvalue weighted by Crippen LogP contribution is 2.25. The zero-order valence-electron chi connectivity index (χ0n) is 9.52. The van der Waals surface area contributed by atoms with E-state index in [0.29, 0.717) is 10.9 Å². The SMILES string of the molecule is CC(=O)Nc1ccc(C)c(-c2csc(N)n2)n1. The van der Waals surface area contributed by atoms with Gasteiger partial charge in [0.1, 0.15) is 11.5 Å². The predicted molar refractivity (Wildman–Crippen MR) is 68.8 cm³/mol. The second-order valence-corrected chi connectivity index (χ2v) is 4.50. The van der Waals surface area contributed by atoms with Gasteiger partial charge in [0.2, 0.25) is 5.91 Å². The van der Waals surface area contributed by atoms with E-state index in [1.165, 1.54) is 18.3 Å². The molecule has 0 spiro atoms.